The molecule has 0 saturated carbocycles. The summed E-state index contributed by atoms with van der Waals surface area (Å²) in [7, 11) is 0. The van der Waals surface area contributed by atoms with Crippen LogP contribution in [0.1, 0.15) is 26.3 Å². The smallest absolute Gasteiger partial charge is 0.332 e. The van der Waals surface area contributed by atoms with Crippen molar-refractivity contribution in [2.45, 2.75) is 26.3 Å². The van der Waals surface area contributed by atoms with E-state index >= 15 is 0 Å². The first kappa shape index (κ1) is 12.2. The quantitative estimate of drug-likeness (QED) is 0.581. The standard InChI is InChI=1S/C12H17N3O/c1-12(2,3)14-11(16)15-13-9-10-7-5-4-6-8-10/h4-9H,1-3H3,(H2,14,15,16)/b13-9+. The fraction of sp³-hybridized carbons (Fsp3) is 0.333. The van der Waals surface area contributed by atoms with Crippen LogP contribution in [0.2, 0.25) is 0 Å². The summed E-state index contributed by atoms with van der Waals surface area (Å²) in [6, 6.07) is 9.27. The summed E-state index contributed by atoms with van der Waals surface area (Å²) in [6.07, 6.45) is 1.60. The number of hydrazone groups is 1. The molecule has 0 fully saturated rings. The van der Waals surface area contributed by atoms with Crippen molar-refractivity contribution in [3.05, 3.63) is 35.9 Å². The predicted molar refractivity (Wildman–Crippen MR) is 65.5 cm³/mol. The number of carbonyl (C=O) groups excluding carboxylic acids is 1. The first-order valence-corrected chi connectivity index (χ1v) is 5.14. The topological polar surface area (TPSA) is 53.5 Å². The molecule has 1 aromatic carbocycles. The number of carbonyl (C=O) groups is 1. The van der Waals surface area contributed by atoms with E-state index in [1.54, 1.807) is 6.21 Å². The van der Waals surface area contributed by atoms with Gasteiger partial charge in [-0.15, -0.1) is 0 Å². The van der Waals surface area contributed by atoms with Crippen LogP contribution < -0.4 is 10.7 Å². The minimum absolute atomic E-state index is 0.258. The molecular formula is C12H17N3O. The summed E-state index contributed by atoms with van der Waals surface area (Å²) in [6.45, 7) is 5.73. The molecule has 0 aliphatic heterocycles. The predicted octanol–water partition coefficient (Wildman–Crippen LogP) is 2.12. The number of amides is 2. The Morgan fingerprint density at radius 2 is 1.88 bits per heavy atom. The molecule has 1 rings (SSSR count). The Bertz CT molecular complexity index is 366. The van der Waals surface area contributed by atoms with Crippen LogP contribution in [0.4, 0.5) is 4.79 Å². The van der Waals surface area contributed by atoms with Crippen molar-refractivity contribution >= 4 is 12.2 Å². The molecule has 16 heavy (non-hydrogen) atoms. The zero-order chi connectivity index (χ0) is 12.0. The molecule has 0 aromatic heterocycles. The number of nitrogens with one attached hydrogen (secondary N) is 2. The average Bonchev–Trinajstić information content (AvgIpc) is 2.16. The molecule has 1 aromatic rings. The van der Waals surface area contributed by atoms with Gasteiger partial charge in [-0.25, -0.2) is 10.2 Å². The lowest BCUT2D eigenvalue weighted by Crippen LogP contribution is -2.44. The molecule has 86 valence electrons. The molecule has 0 atom stereocenters. The van der Waals surface area contributed by atoms with Gasteiger partial charge in [-0.1, -0.05) is 30.3 Å². The summed E-state index contributed by atoms with van der Waals surface area (Å²) < 4.78 is 0. The number of urea groups is 1. The van der Waals surface area contributed by atoms with Crippen molar-refractivity contribution in [2.24, 2.45) is 5.10 Å². The number of hydrogen-bond acceptors (Lipinski definition) is 2. The number of nitrogens with zero attached hydrogens (tertiary/aromatic N) is 1. The van der Waals surface area contributed by atoms with E-state index in [2.05, 4.69) is 15.8 Å². The third-order valence-electron chi connectivity index (χ3n) is 1.67. The van der Waals surface area contributed by atoms with Crippen LogP contribution in [0.5, 0.6) is 0 Å². The third kappa shape index (κ3) is 5.14. The second kappa shape index (κ2) is 5.30. The Labute approximate surface area is 95.7 Å². The van der Waals surface area contributed by atoms with E-state index < -0.39 is 0 Å². The van der Waals surface area contributed by atoms with Crippen molar-refractivity contribution in [1.29, 1.82) is 0 Å². The minimum Gasteiger partial charge on any atom is -0.332 e. The van der Waals surface area contributed by atoms with Crippen LogP contribution in [0, 0.1) is 0 Å². The van der Waals surface area contributed by atoms with Crippen LogP contribution in [0.3, 0.4) is 0 Å². The third-order valence-corrected chi connectivity index (χ3v) is 1.67. The van der Waals surface area contributed by atoms with Gasteiger partial charge in [0, 0.05) is 5.54 Å². The van der Waals surface area contributed by atoms with Crippen LogP contribution in [0.25, 0.3) is 0 Å². The van der Waals surface area contributed by atoms with E-state index in [9.17, 15) is 4.79 Å². The number of benzene rings is 1. The molecule has 0 bridgehead atoms. The van der Waals surface area contributed by atoms with Gasteiger partial charge in [-0.05, 0) is 26.3 Å². The molecule has 0 heterocycles. The lowest BCUT2D eigenvalue weighted by molar-refractivity contribution is 0.232. The van der Waals surface area contributed by atoms with Gasteiger partial charge in [0.05, 0.1) is 6.21 Å². The Morgan fingerprint density at radius 3 is 2.44 bits per heavy atom. The van der Waals surface area contributed by atoms with Gasteiger partial charge >= 0.3 is 6.03 Å². The summed E-state index contributed by atoms with van der Waals surface area (Å²) >= 11 is 0. The van der Waals surface area contributed by atoms with Crippen molar-refractivity contribution in [3.8, 4) is 0 Å². The molecule has 0 saturated heterocycles. The van der Waals surface area contributed by atoms with Gasteiger partial charge in [0.15, 0.2) is 0 Å². The SMILES string of the molecule is CC(C)(C)NC(=O)N/N=C/c1ccccc1. The monoisotopic (exact) mass is 219 g/mol. The van der Waals surface area contributed by atoms with Gasteiger partial charge in [-0.2, -0.15) is 5.10 Å². The van der Waals surface area contributed by atoms with Gasteiger partial charge in [0.25, 0.3) is 0 Å². The maximum absolute atomic E-state index is 11.3. The molecule has 0 spiro atoms. The van der Waals surface area contributed by atoms with Crippen LogP contribution in [-0.2, 0) is 0 Å². The second-order valence-electron chi connectivity index (χ2n) is 4.48. The fourth-order valence-corrected chi connectivity index (χ4v) is 1.07. The molecule has 4 nitrogen and oxygen atoms in total. The van der Waals surface area contributed by atoms with Gasteiger partial charge in [0.2, 0.25) is 0 Å². The number of hydrogen-bond donors (Lipinski definition) is 2. The summed E-state index contributed by atoms with van der Waals surface area (Å²) in [4.78, 5) is 11.3. The molecule has 0 unspecified atom stereocenters. The highest BCUT2D eigenvalue weighted by Crippen LogP contribution is 1.97. The highest BCUT2D eigenvalue weighted by molar-refractivity contribution is 5.81. The molecule has 0 radical (unpaired) electrons. The zero-order valence-corrected chi connectivity index (χ0v) is 9.82. The molecule has 4 heteroatoms. The van der Waals surface area contributed by atoms with Crippen molar-refractivity contribution in [1.82, 2.24) is 10.7 Å². The van der Waals surface area contributed by atoms with E-state index in [1.807, 2.05) is 51.1 Å². The normalized spacial score (nSPS) is 11.4. The van der Waals surface area contributed by atoms with Crippen molar-refractivity contribution < 1.29 is 4.79 Å². The first-order valence-electron chi connectivity index (χ1n) is 5.14. The van der Waals surface area contributed by atoms with Crippen LogP contribution >= 0.6 is 0 Å². The molecular weight excluding hydrogens is 202 g/mol. The maximum atomic E-state index is 11.3. The Hall–Kier alpha value is -1.84. The molecule has 2 N–H and O–H groups in total. The van der Waals surface area contributed by atoms with Gasteiger partial charge in [-0.3, -0.25) is 0 Å². The molecule has 0 aliphatic carbocycles. The zero-order valence-electron chi connectivity index (χ0n) is 9.82. The van der Waals surface area contributed by atoms with Crippen LogP contribution in [-0.4, -0.2) is 17.8 Å². The van der Waals surface area contributed by atoms with Gasteiger partial charge in [0.1, 0.15) is 0 Å². The van der Waals surface area contributed by atoms with E-state index in [4.69, 9.17) is 0 Å². The summed E-state index contributed by atoms with van der Waals surface area (Å²) in [5, 5.41) is 6.58. The molecule has 0 aliphatic rings. The minimum atomic E-state index is -0.306. The Morgan fingerprint density at radius 1 is 1.25 bits per heavy atom. The Kier molecular flexibility index (Phi) is 4.05. The maximum Gasteiger partial charge on any atom is 0.335 e. The lowest BCUT2D eigenvalue weighted by Gasteiger charge is -2.19. The van der Waals surface area contributed by atoms with E-state index in [1.165, 1.54) is 0 Å². The highest BCUT2D eigenvalue weighted by Gasteiger charge is 2.12. The summed E-state index contributed by atoms with van der Waals surface area (Å²) in [5.74, 6) is 0. The summed E-state index contributed by atoms with van der Waals surface area (Å²) in [5.41, 5.74) is 3.09. The average molecular weight is 219 g/mol. The fourth-order valence-electron chi connectivity index (χ4n) is 1.07. The number of rotatable bonds is 2. The lowest BCUT2D eigenvalue weighted by atomic mass is 10.1. The first-order chi connectivity index (χ1) is 7.47. The van der Waals surface area contributed by atoms with Crippen molar-refractivity contribution in [2.75, 3.05) is 0 Å². The second-order valence-corrected chi connectivity index (χ2v) is 4.48. The van der Waals surface area contributed by atoms with E-state index in [0.717, 1.165) is 5.56 Å². The van der Waals surface area contributed by atoms with E-state index in [0.29, 0.717) is 0 Å². The van der Waals surface area contributed by atoms with Crippen molar-refractivity contribution in [3.63, 3.8) is 0 Å². The largest absolute Gasteiger partial charge is 0.335 e. The Balaban J connectivity index is 2.41. The molecule has 2 amide bonds. The van der Waals surface area contributed by atoms with E-state index in [-0.39, 0.29) is 11.6 Å². The highest BCUT2D eigenvalue weighted by atomic mass is 16.2. The van der Waals surface area contributed by atoms with Crippen LogP contribution in [0.15, 0.2) is 35.4 Å². The van der Waals surface area contributed by atoms with Gasteiger partial charge < -0.3 is 5.32 Å².